The Morgan fingerprint density at radius 2 is 1.22 bits per heavy atom. The predicted molar refractivity (Wildman–Crippen MR) is 178 cm³/mol. The zero-order valence-electron chi connectivity index (χ0n) is 24.8. The Morgan fingerprint density at radius 1 is 0.683 bits per heavy atom. The van der Waals surface area contributed by atoms with E-state index in [1.165, 1.54) is 10.4 Å². The van der Waals surface area contributed by atoms with Crippen molar-refractivity contribution >= 4 is 67.7 Å². The molecule has 6 rings (SSSR count). The van der Waals surface area contributed by atoms with Crippen molar-refractivity contribution in [1.82, 2.24) is 9.55 Å². The highest BCUT2D eigenvalue weighted by molar-refractivity contribution is 7.32. The quantitative estimate of drug-likeness (QED) is 0.181. The Morgan fingerprint density at radius 3 is 1.76 bits per heavy atom. The lowest BCUT2D eigenvalue weighted by Crippen LogP contribution is -2.38. The van der Waals surface area contributed by atoms with Crippen molar-refractivity contribution in [3.63, 3.8) is 0 Å². The van der Waals surface area contributed by atoms with Crippen molar-refractivity contribution in [1.29, 1.82) is 0 Å². The smallest absolute Gasteiger partial charge is 0.388 e. The second-order valence-corrected chi connectivity index (χ2v) is 23.8. The monoisotopic (exact) mass is 596 g/mol. The highest BCUT2D eigenvalue weighted by Gasteiger charge is 2.28. The molecule has 41 heavy (non-hydrogen) atoms. The van der Waals surface area contributed by atoms with Gasteiger partial charge in [-0.3, -0.25) is 4.52 Å². The molecule has 0 unspecified atom stereocenters. The van der Waals surface area contributed by atoms with Crippen molar-refractivity contribution in [3.8, 4) is 0 Å². The third kappa shape index (κ3) is 5.24. The standard InChI is InChI=1S/C33H37N2O3PSi2/c1-35-27-20-12-11-19-26(27)34-33(35)30(23-15-9-8-10-16-23)36-39-37-31-24(17-13-21-28(31)40(2,3)4)25-18-14-22-29(32(25)38-39)41(5,6)7/h8-22,30H,1-7H3/t30-/m0/s1. The molecule has 0 N–H and O–H groups in total. The molecule has 8 heteroatoms. The minimum atomic E-state index is -1.84. The van der Waals surface area contributed by atoms with Gasteiger partial charge >= 0.3 is 8.24 Å². The van der Waals surface area contributed by atoms with E-state index in [1.54, 1.807) is 0 Å². The maximum absolute atomic E-state index is 6.97. The maximum atomic E-state index is 6.97. The molecule has 0 saturated heterocycles. The van der Waals surface area contributed by atoms with E-state index >= 15 is 0 Å². The van der Waals surface area contributed by atoms with Crippen LogP contribution in [0, 0.1) is 0 Å². The third-order valence-corrected chi connectivity index (χ3v) is 12.7. The number of hydrogen-bond acceptors (Lipinski definition) is 4. The lowest BCUT2D eigenvalue weighted by Gasteiger charge is -2.18. The zero-order valence-corrected chi connectivity index (χ0v) is 27.7. The number of aromatic nitrogens is 2. The van der Waals surface area contributed by atoms with E-state index in [4.69, 9.17) is 17.9 Å². The molecular formula is C33H37N2O3PSi2. The summed E-state index contributed by atoms with van der Waals surface area (Å²) in [7, 11) is -3.33. The molecule has 4 aromatic carbocycles. The summed E-state index contributed by atoms with van der Waals surface area (Å²) in [5.41, 5.74) is 4.77. The van der Waals surface area contributed by atoms with E-state index in [-0.39, 0.29) is 0 Å². The maximum Gasteiger partial charge on any atom is 0.388 e. The van der Waals surface area contributed by atoms with Crippen molar-refractivity contribution in [3.05, 3.63) is 102 Å². The van der Waals surface area contributed by atoms with Gasteiger partial charge in [-0.1, -0.05) is 118 Å². The predicted octanol–water partition coefficient (Wildman–Crippen LogP) is 8.49. The first kappa shape index (κ1) is 27.8. The molecule has 1 atom stereocenters. The molecule has 210 valence electrons. The van der Waals surface area contributed by atoms with Crippen molar-refractivity contribution in [2.24, 2.45) is 7.05 Å². The van der Waals surface area contributed by atoms with Crippen LogP contribution in [0.3, 0.4) is 0 Å². The number of nitrogens with zero attached hydrogens (tertiary/aromatic N) is 2. The molecule has 0 aliphatic heterocycles. The van der Waals surface area contributed by atoms with E-state index in [0.717, 1.165) is 44.4 Å². The average molecular weight is 597 g/mol. The van der Waals surface area contributed by atoms with E-state index in [2.05, 4.69) is 98.4 Å². The van der Waals surface area contributed by atoms with Crippen LogP contribution in [0.1, 0.15) is 17.5 Å². The van der Waals surface area contributed by atoms with Crippen molar-refractivity contribution in [2.45, 2.75) is 45.4 Å². The molecule has 0 aliphatic rings. The van der Waals surface area contributed by atoms with Gasteiger partial charge in [0.1, 0.15) is 17.0 Å². The summed E-state index contributed by atoms with van der Waals surface area (Å²) in [4.78, 5) is 5.03. The van der Waals surface area contributed by atoms with Crippen LogP contribution < -0.4 is 14.9 Å². The lowest BCUT2D eigenvalue weighted by atomic mass is 10.1. The molecule has 0 saturated carbocycles. The number of para-hydroxylation sites is 4. The van der Waals surface area contributed by atoms with Gasteiger partial charge in [0.2, 0.25) is 0 Å². The summed E-state index contributed by atoms with van der Waals surface area (Å²) in [5.74, 6) is 0.814. The van der Waals surface area contributed by atoms with E-state index < -0.39 is 30.5 Å². The Kier molecular flexibility index (Phi) is 7.11. The van der Waals surface area contributed by atoms with Crippen LogP contribution >= 0.6 is 8.24 Å². The molecule has 0 amide bonds. The van der Waals surface area contributed by atoms with Gasteiger partial charge in [0, 0.05) is 17.8 Å². The first-order chi connectivity index (χ1) is 19.5. The number of fused-ring (bicyclic) bond motifs is 4. The SMILES string of the molecule is Cn1c([C@@H](Op2oc3c([Si](C)(C)C)cccc3c3cccc([Si](C)(C)C)c3o2)c2ccccc2)nc2ccccc21. The number of hydrogen-bond donors (Lipinski definition) is 0. The molecular weight excluding hydrogens is 560 g/mol. The van der Waals surface area contributed by atoms with Crippen LogP contribution in [-0.4, -0.2) is 25.7 Å². The number of aryl methyl sites for hydroxylation is 1. The van der Waals surface area contributed by atoms with Gasteiger partial charge in [-0.05, 0) is 28.1 Å². The Hall–Kier alpha value is -3.36. The van der Waals surface area contributed by atoms with Gasteiger partial charge in [-0.2, -0.15) is 0 Å². The Balaban J connectivity index is 1.67. The van der Waals surface area contributed by atoms with E-state index in [1.807, 2.05) is 43.4 Å². The zero-order chi connectivity index (χ0) is 28.9. The van der Waals surface area contributed by atoms with Gasteiger partial charge < -0.3 is 13.0 Å². The summed E-state index contributed by atoms with van der Waals surface area (Å²) in [6, 6.07) is 31.5. The van der Waals surface area contributed by atoms with E-state index in [0.29, 0.717) is 0 Å². The summed E-state index contributed by atoms with van der Waals surface area (Å²) in [6.07, 6.45) is -0.484. The van der Waals surface area contributed by atoms with Gasteiger partial charge in [0.05, 0.1) is 27.2 Å². The van der Waals surface area contributed by atoms with Crippen LogP contribution in [-0.2, 0) is 7.05 Å². The molecule has 0 aliphatic carbocycles. The summed E-state index contributed by atoms with van der Waals surface area (Å²) < 4.78 is 22.9. The Bertz CT molecular complexity index is 1840. The van der Waals surface area contributed by atoms with Gasteiger partial charge in [-0.25, -0.2) is 4.98 Å². The number of rotatable bonds is 6. The molecule has 2 aromatic heterocycles. The largest absolute Gasteiger partial charge is 0.399 e. The first-order valence-corrected chi connectivity index (χ1v) is 22.2. The fourth-order valence-electron chi connectivity index (χ4n) is 5.46. The minimum absolute atomic E-state index is 0.484. The van der Waals surface area contributed by atoms with Crippen molar-refractivity contribution < 1.29 is 12.9 Å². The number of imidazole rings is 1. The van der Waals surface area contributed by atoms with Crippen LogP contribution in [0.2, 0.25) is 39.3 Å². The summed E-state index contributed by atoms with van der Waals surface area (Å²) >= 11 is 0. The highest BCUT2D eigenvalue weighted by Crippen LogP contribution is 2.39. The van der Waals surface area contributed by atoms with Gasteiger partial charge in [-0.15, -0.1) is 0 Å². The van der Waals surface area contributed by atoms with Crippen LogP contribution in [0.4, 0.5) is 0 Å². The molecule has 5 nitrogen and oxygen atoms in total. The van der Waals surface area contributed by atoms with Gasteiger partial charge in [0.25, 0.3) is 0 Å². The third-order valence-electron chi connectivity index (χ3n) is 7.62. The van der Waals surface area contributed by atoms with E-state index in [9.17, 15) is 0 Å². The molecule has 0 fully saturated rings. The Labute approximate surface area is 244 Å². The van der Waals surface area contributed by atoms with Crippen LogP contribution in [0.5, 0.6) is 0 Å². The second-order valence-electron chi connectivity index (χ2n) is 12.7. The highest BCUT2D eigenvalue weighted by atomic mass is 31.1. The minimum Gasteiger partial charge on any atom is -0.399 e. The molecule has 0 radical (unpaired) electrons. The fourth-order valence-corrected chi connectivity index (χ4v) is 9.76. The summed E-state index contributed by atoms with van der Waals surface area (Å²) in [6.45, 7) is 14.1. The second kappa shape index (κ2) is 10.5. The average Bonchev–Trinajstić information content (AvgIpc) is 3.17. The van der Waals surface area contributed by atoms with Gasteiger partial charge in [0.15, 0.2) is 6.10 Å². The lowest BCUT2D eigenvalue weighted by molar-refractivity contribution is 0.291. The topological polar surface area (TPSA) is 53.3 Å². The first-order valence-electron chi connectivity index (χ1n) is 14.1. The number of benzene rings is 4. The molecule has 6 aromatic rings. The normalized spacial score (nSPS) is 13.2. The molecule has 2 heterocycles. The molecule has 0 bridgehead atoms. The van der Waals surface area contributed by atoms with Crippen LogP contribution in [0.15, 0.2) is 99.4 Å². The fraction of sp³-hybridized carbons (Fsp3) is 0.242. The molecule has 0 spiro atoms. The summed E-state index contributed by atoms with van der Waals surface area (Å²) in [5, 5.41) is 4.68. The van der Waals surface area contributed by atoms with Crippen LogP contribution in [0.25, 0.3) is 33.0 Å². The van der Waals surface area contributed by atoms with Crippen molar-refractivity contribution in [2.75, 3.05) is 0 Å².